The molecule has 0 aliphatic rings. The van der Waals surface area contributed by atoms with Crippen LogP contribution in [0.25, 0.3) is 0 Å². The van der Waals surface area contributed by atoms with Crippen molar-refractivity contribution in [1.82, 2.24) is 0 Å². The molecule has 2 aromatic rings. The van der Waals surface area contributed by atoms with E-state index in [2.05, 4.69) is 0 Å². The Kier molecular flexibility index (Phi) is 3.95. The quantitative estimate of drug-likeness (QED) is 0.819. The largest absolute Gasteiger partial charge is 0.309 e. The second-order valence-electron chi connectivity index (χ2n) is 4.37. The third kappa shape index (κ3) is 2.81. The first-order valence-corrected chi connectivity index (χ1v) is 6.26. The van der Waals surface area contributed by atoms with Gasteiger partial charge in [-0.3, -0.25) is 4.79 Å². The molecule has 0 spiro atoms. The Morgan fingerprint density at radius 2 is 1.84 bits per heavy atom. The topological polar surface area (TPSA) is 20.3 Å². The highest BCUT2D eigenvalue weighted by atomic mass is 19.1. The molecular formula is C16H16FNO. The van der Waals surface area contributed by atoms with Crippen LogP contribution in [0, 0.1) is 12.7 Å². The molecule has 0 bridgehead atoms. The van der Waals surface area contributed by atoms with Crippen molar-refractivity contribution in [3.8, 4) is 0 Å². The molecule has 0 heterocycles. The lowest BCUT2D eigenvalue weighted by Gasteiger charge is -2.21. The van der Waals surface area contributed by atoms with Crippen molar-refractivity contribution in [3.05, 3.63) is 65.5 Å². The maximum Gasteiger partial charge on any atom is 0.261 e. The molecular weight excluding hydrogens is 241 g/mol. The van der Waals surface area contributed by atoms with Gasteiger partial charge in [-0.05, 0) is 43.7 Å². The molecule has 2 rings (SSSR count). The van der Waals surface area contributed by atoms with E-state index in [4.69, 9.17) is 0 Å². The summed E-state index contributed by atoms with van der Waals surface area (Å²) in [6, 6.07) is 13.9. The Morgan fingerprint density at radius 1 is 1.16 bits per heavy atom. The van der Waals surface area contributed by atoms with Crippen molar-refractivity contribution in [2.24, 2.45) is 0 Å². The summed E-state index contributed by atoms with van der Waals surface area (Å²) in [5, 5.41) is 0. The number of anilines is 1. The summed E-state index contributed by atoms with van der Waals surface area (Å²) in [5.74, 6) is -0.786. The molecule has 2 nitrogen and oxygen atoms in total. The highest BCUT2D eigenvalue weighted by Crippen LogP contribution is 2.18. The molecule has 0 atom stereocenters. The fourth-order valence-electron chi connectivity index (χ4n) is 1.99. The predicted molar refractivity (Wildman–Crippen MR) is 74.9 cm³/mol. The van der Waals surface area contributed by atoms with Gasteiger partial charge in [-0.15, -0.1) is 0 Å². The third-order valence-electron chi connectivity index (χ3n) is 2.98. The van der Waals surface area contributed by atoms with Gasteiger partial charge >= 0.3 is 0 Å². The second kappa shape index (κ2) is 5.65. The van der Waals surface area contributed by atoms with E-state index in [1.54, 1.807) is 24.0 Å². The number of benzene rings is 2. The minimum absolute atomic E-state index is 0.108. The Morgan fingerprint density at radius 3 is 2.42 bits per heavy atom. The lowest BCUT2D eigenvalue weighted by Crippen LogP contribution is -2.31. The number of amides is 1. The summed E-state index contributed by atoms with van der Waals surface area (Å²) >= 11 is 0. The van der Waals surface area contributed by atoms with Gasteiger partial charge in [0.1, 0.15) is 5.82 Å². The van der Waals surface area contributed by atoms with Crippen molar-refractivity contribution in [3.63, 3.8) is 0 Å². The van der Waals surface area contributed by atoms with Crippen molar-refractivity contribution in [1.29, 1.82) is 0 Å². The zero-order chi connectivity index (χ0) is 13.8. The first-order chi connectivity index (χ1) is 9.13. The molecule has 0 aliphatic carbocycles. The van der Waals surface area contributed by atoms with Crippen LogP contribution >= 0.6 is 0 Å². The van der Waals surface area contributed by atoms with Crippen LogP contribution < -0.4 is 4.90 Å². The van der Waals surface area contributed by atoms with E-state index < -0.39 is 5.82 Å². The van der Waals surface area contributed by atoms with E-state index in [-0.39, 0.29) is 11.5 Å². The molecule has 0 aliphatic heterocycles. The zero-order valence-electron chi connectivity index (χ0n) is 11.1. The highest BCUT2D eigenvalue weighted by Gasteiger charge is 2.19. The van der Waals surface area contributed by atoms with Crippen LogP contribution in [-0.4, -0.2) is 12.5 Å². The number of rotatable bonds is 3. The fourth-order valence-corrected chi connectivity index (χ4v) is 1.99. The first kappa shape index (κ1) is 13.3. The zero-order valence-corrected chi connectivity index (χ0v) is 11.1. The third-order valence-corrected chi connectivity index (χ3v) is 2.98. The molecule has 0 fully saturated rings. The van der Waals surface area contributed by atoms with Gasteiger partial charge < -0.3 is 4.90 Å². The van der Waals surface area contributed by atoms with Gasteiger partial charge in [0.15, 0.2) is 0 Å². The Hall–Kier alpha value is -2.16. The monoisotopic (exact) mass is 257 g/mol. The van der Waals surface area contributed by atoms with E-state index in [0.29, 0.717) is 6.54 Å². The van der Waals surface area contributed by atoms with Gasteiger partial charge in [0, 0.05) is 12.2 Å². The van der Waals surface area contributed by atoms with Crippen LogP contribution in [0.1, 0.15) is 22.8 Å². The van der Waals surface area contributed by atoms with Crippen LogP contribution in [0.5, 0.6) is 0 Å². The summed E-state index contributed by atoms with van der Waals surface area (Å²) in [6.07, 6.45) is 0. The molecule has 3 heteroatoms. The van der Waals surface area contributed by atoms with E-state index in [9.17, 15) is 9.18 Å². The summed E-state index contributed by atoms with van der Waals surface area (Å²) < 4.78 is 13.9. The van der Waals surface area contributed by atoms with Crippen LogP contribution in [0.2, 0.25) is 0 Å². The Balaban J connectivity index is 2.36. The van der Waals surface area contributed by atoms with Crippen LogP contribution in [0.3, 0.4) is 0 Å². The van der Waals surface area contributed by atoms with E-state index in [1.165, 1.54) is 6.07 Å². The first-order valence-electron chi connectivity index (χ1n) is 6.26. The minimum Gasteiger partial charge on any atom is -0.309 e. The van der Waals surface area contributed by atoms with Gasteiger partial charge in [-0.25, -0.2) is 4.39 Å². The van der Waals surface area contributed by atoms with Gasteiger partial charge in [-0.1, -0.05) is 24.3 Å². The summed E-state index contributed by atoms with van der Waals surface area (Å²) in [5.41, 5.74) is 1.68. The number of halogens is 1. The number of carbonyl (C=O) groups is 1. The van der Waals surface area contributed by atoms with Gasteiger partial charge in [0.25, 0.3) is 5.91 Å². The average Bonchev–Trinajstić information content (AvgIpc) is 2.40. The fraction of sp³-hybridized carbons (Fsp3) is 0.188. The number of hydrogen-bond acceptors (Lipinski definition) is 1. The molecule has 0 saturated carbocycles. The van der Waals surface area contributed by atoms with Crippen molar-refractivity contribution >= 4 is 11.6 Å². The van der Waals surface area contributed by atoms with Crippen molar-refractivity contribution in [2.75, 3.05) is 11.4 Å². The minimum atomic E-state index is -0.473. The van der Waals surface area contributed by atoms with Crippen LogP contribution in [-0.2, 0) is 0 Å². The highest BCUT2D eigenvalue weighted by molar-refractivity contribution is 6.06. The standard InChI is InChI=1S/C16H16FNO/c1-3-18(13-7-5-4-6-8-13)16(19)14-10-9-12(2)11-15(14)17/h4-11H,3H2,1-2H3. The lowest BCUT2D eigenvalue weighted by molar-refractivity contribution is 0.0984. The summed E-state index contributed by atoms with van der Waals surface area (Å²) in [4.78, 5) is 14.0. The van der Waals surface area contributed by atoms with Crippen molar-refractivity contribution < 1.29 is 9.18 Å². The number of hydrogen-bond donors (Lipinski definition) is 0. The molecule has 0 unspecified atom stereocenters. The molecule has 0 aromatic heterocycles. The lowest BCUT2D eigenvalue weighted by atomic mass is 10.1. The average molecular weight is 257 g/mol. The Bertz CT molecular complexity index is 581. The summed E-state index contributed by atoms with van der Waals surface area (Å²) in [6.45, 7) is 4.17. The second-order valence-corrected chi connectivity index (χ2v) is 4.37. The summed E-state index contributed by atoms with van der Waals surface area (Å²) in [7, 11) is 0. The SMILES string of the molecule is CCN(C(=O)c1ccc(C)cc1F)c1ccccc1. The molecule has 19 heavy (non-hydrogen) atoms. The number of carbonyl (C=O) groups excluding carboxylic acids is 1. The van der Waals surface area contributed by atoms with Gasteiger partial charge in [0.2, 0.25) is 0 Å². The predicted octanol–water partition coefficient (Wildman–Crippen LogP) is 3.80. The molecule has 0 saturated heterocycles. The number of nitrogens with zero attached hydrogens (tertiary/aromatic N) is 1. The number of aryl methyl sites for hydroxylation is 1. The Labute approximate surface area is 112 Å². The normalized spacial score (nSPS) is 10.3. The molecule has 0 N–H and O–H groups in total. The molecule has 0 radical (unpaired) electrons. The van der Waals surface area contributed by atoms with Crippen LogP contribution in [0.15, 0.2) is 48.5 Å². The molecule has 2 aromatic carbocycles. The van der Waals surface area contributed by atoms with Crippen LogP contribution in [0.4, 0.5) is 10.1 Å². The van der Waals surface area contributed by atoms with E-state index in [1.807, 2.05) is 37.3 Å². The smallest absolute Gasteiger partial charge is 0.261 e. The maximum atomic E-state index is 13.9. The van der Waals surface area contributed by atoms with Gasteiger partial charge in [0.05, 0.1) is 5.56 Å². The number of para-hydroxylation sites is 1. The maximum absolute atomic E-state index is 13.9. The van der Waals surface area contributed by atoms with E-state index >= 15 is 0 Å². The molecule has 98 valence electrons. The van der Waals surface area contributed by atoms with Gasteiger partial charge in [-0.2, -0.15) is 0 Å². The molecule has 1 amide bonds. The van der Waals surface area contributed by atoms with E-state index in [0.717, 1.165) is 11.3 Å². The van der Waals surface area contributed by atoms with Crippen molar-refractivity contribution in [2.45, 2.75) is 13.8 Å².